The highest BCUT2D eigenvalue weighted by Crippen LogP contribution is 2.47. The summed E-state index contributed by atoms with van der Waals surface area (Å²) in [7, 11) is 0. The second-order valence-corrected chi connectivity index (χ2v) is 6.02. The maximum Gasteiger partial charge on any atom is 0.315 e. The lowest BCUT2D eigenvalue weighted by atomic mass is 9.84. The Bertz CT molecular complexity index is 353. The van der Waals surface area contributed by atoms with Gasteiger partial charge in [-0.05, 0) is 37.5 Å². The van der Waals surface area contributed by atoms with E-state index in [1.54, 1.807) is 0 Å². The van der Waals surface area contributed by atoms with Crippen LogP contribution in [0.1, 0.15) is 51.9 Å². The summed E-state index contributed by atoms with van der Waals surface area (Å²) in [6.07, 6.45) is 6.83. The number of carbonyl (C=O) groups excluding carboxylic acids is 1. The molecule has 0 aliphatic heterocycles. The van der Waals surface area contributed by atoms with Gasteiger partial charge in [-0.2, -0.15) is 0 Å². The fourth-order valence-electron chi connectivity index (χ4n) is 2.92. The van der Waals surface area contributed by atoms with Gasteiger partial charge in [0.1, 0.15) is 0 Å². The number of carbonyl (C=O) groups is 2. The predicted octanol–water partition coefficient (Wildman–Crippen LogP) is 2.12. The van der Waals surface area contributed by atoms with Crippen molar-refractivity contribution in [2.45, 2.75) is 57.9 Å². The Kier molecular flexibility index (Phi) is 4.32. The van der Waals surface area contributed by atoms with Gasteiger partial charge in [0.15, 0.2) is 0 Å². The van der Waals surface area contributed by atoms with Crippen molar-refractivity contribution in [3.05, 3.63) is 0 Å². The molecule has 2 aliphatic carbocycles. The molecule has 2 fully saturated rings. The summed E-state index contributed by atoms with van der Waals surface area (Å²) < 4.78 is 0. The van der Waals surface area contributed by atoms with Crippen LogP contribution in [0.4, 0.5) is 4.79 Å². The maximum atomic E-state index is 11.9. The van der Waals surface area contributed by atoms with Gasteiger partial charge in [0.05, 0.1) is 5.92 Å². The van der Waals surface area contributed by atoms with Crippen molar-refractivity contribution in [3.63, 3.8) is 0 Å². The highest BCUT2D eigenvalue weighted by atomic mass is 16.4. The zero-order valence-corrected chi connectivity index (χ0v) is 11.6. The van der Waals surface area contributed by atoms with Crippen molar-refractivity contribution >= 4 is 12.0 Å². The van der Waals surface area contributed by atoms with Crippen LogP contribution in [0.3, 0.4) is 0 Å². The molecule has 0 bridgehead atoms. The topological polar surface area (TPSA) is 78.4 Å². The third kappa shape index (κ3) is 3.61. The van der Waals surface area contributed by atoms with E-state index >= 15 is 0 Å². The highest BCUT2D eigenvalue weighted by molar-refractivity contribution is 5.76. The van der Waals surface area contributed by atoms with E-state index in [-0.39, 0.29) is 12.1 Å². The average molecular weight is 268 g/mol. The largest absolute Gasteiger partial charge is 0.481 e. The quantitative estimate of drug-likeness (QED) is 0.714. The summed E-state index contributed by atoms with van der Waals surface area (Å²) in [5.41, 5.74) is 0.316. The molecule has 2 rings (SSSR count). The molecule has 19 heavy (non-hydrogen) atoms. The van der Waals surface area contributed by atoms with Crippen LogP contribution in [-0.2, 0) is 4.79 Å². The monoisotopic (exact) mass is 268 g/mol. The second kappa shape index (κ2) is 5.80. The first-order valence-corrected chi connectivity index (χ1v) is 7.33. The van der Waals surface area contributed by atoms with Crippen LogP contribution in [0.25, 0.3) is 0 Å². The van der Waals surface area contributed by atoms with Crippen molar-refractivity contribution in [1.29, 1.82) is 0 Å². The van der Waals surface area contributed by atoms with Crippen molar-refractivity contribution in [2.24, 2.45) is 11.3 Å². The molecule has 0 aromatic heterocycles. The summed E-state index contributed by atoms with van der Waals surface area (Å²) in [6, 6.07) is -0.430. The van der Waals surface area contributed by atoms with E-state index in [4.69, 9.17) is 5.11 Å². The molecule has 0 spiro atoms. The standard InChI is InChI=1S/C14H24N2O3/c1-2-14(7-8-14)9-15-13(19)16-11-6-4-3-5-10(11)12(17)18/h10-11H,2-9H2,1H3,(H,17,18)(H2,15,16,19). The summed E-state index contributed by atoms with van der Waals surface area (Å²) >= 11 is 0. The zero-order valence-electron chi connectivity index (χ0n) is 11.6. The molecule has 2 aliphatic rings. The number of hydrogen-bond acceptors (Lipinski definition) is 2. The minimum Gasteiger partial charge on any atom is -0.481 e. The van der Waals surface area contributed by atoms with Crippen molar-refractivity contribution in [1.82, 2.24) is 10.6 Å². The van der Waals surface area contributed by atoms with E-state index in [1.165, 1.54) is 12.8 Å². The first-order chi connectivity index (χ1) is 9.06. The number of carboxylic acid groups (broad SMARTS) is 1. The molecule has 2 atom stereocenters. The van der Waals surface area contributed by atoms with Crippen LogP contribution in [0.15, 0.2) is 0 Å². The Morgan fingerprint density at radius 1 is 1.26 bits per heavy atom. The van der Waals surface area contributed by atoms with E-state index in [0.29, 0.717) is 18.4 Å². The number of carboxylic acids is 1. The van der Waals surface area contributed by atoms with Gasteiger partial charge in [-0.3, -0.25) is 4.79 Å². The summed E-state index contributed by atoms with van der Waals surface area (Å²) in [5, 5.41) is 14.9. The molecular formula is C14H24N2O3. The fraction of sp³-hybridized carbons (Fsp3) is 0.857. The second-order valence-electron chi connectivity index (χ2n) is 6.02. The smallest absolute Gasteiger partial charge is 0.315 e. The molecule has 108 valence electrons. The number of aliphatic carboxylic acids is 1. The zero-order chi connectivity index (χ0) is 13.9. The van der Waals surface area contributed by atoms with Gasteiger partial charge in [0.2, 0.25) is 0 Å². The Balaban J connectivity index is 1.78. The van der Waals surface area contributed by atoms with Crippen LogP contribution in [0.2, 0.25) is 0 Å². The van der Waals surface area contributed by atoms with Gasteiger partial charge >= 0.3 is 12.0 Å². The van der Waals surface area contributed by atoms with E-state index in [9.17, 15) is 9.59 Å². The van der Waals surface area contributed by atoms with Crippen molar-refractivity contribution in [2.75, 3.05) is 6.54 Å². The number of rotatable bonds is 5. The lowest BCUT2D eigenvalue weighted by molar-refractivity contribution is -0.143. The third-order valence-corrected chi connectivity index (χ3v) is 4.73. The maximum absolute atomic E-state index is 11.9. The first-order valence-electron chi connectivity index (χ1n) is 7.33. The SMILES string of the molecule is CCC1(CNC(=O)NC2CCCCC2C(=O)O)CC1. The lowest BCUT2D eigenvalue weighted by Crippen LogP contribution is -2.49. The molecule has 5 heteroatoms. The van der Waals surface area contributed by atoms with Gasteiger partial charge in [-0.25, -0.2) is 4.79 Å². The molecule has 0 aromatic carbocycles. The average Bonchev–Trinajstić information content (AvgIpc) is 3.17. The molecular weight excluding hydrogens is 244 g/mol. The van der Waals surface area contributed by atoms with Gasteiger partial charge in [0, 0.05) is 12.6 Å². The van der Waals surface area contributed by atoms with Crippen molar-refractivity contribution in [3.8, 4) is 0 Å². The summed E-state index contributed by atoms with van der Waals surface area (Å²) in [6.45, 7) is 2.86. The highest BCUT2D eigenvalue weighted by Gasteiger charge is 2.41. The molecule has 5 nitrogen and oxygen atoms in total. The molecule has 0 aromatic rings. The van der Waals surface area contributed by atoms with Gasteiger partial charge in [0.25, 0.3) is 0 Å². The molecule has 0 radical (unpaired) electrons. The molecule has 3 N–H and O–H groups in total. The minimum atomic E-state index is -0.794. The Hall–Kier alpha value is -1.26. The predicted molar refractivity (Wildman–Crippen MR) is 71.9 cm³/mol. The van der Waals surface area contributed by atoms with Gasteiger partial charge in [-0.1, -0.05) is 19.8 Å². The van der Waals surface area contributed by atoms with E-state index < -0.39 is 11.9 Å². The minimum absolute atomic E-state index is 0.210. The molecule has 2 amide bonds. The number of hydrogen-bond donors (Lipinski definition) is 3. The summed E-state index contributed by atoms with van der Waals surface area (Å²) in [4.78, 5) is 23.0. The Morgan fingerprint density at radius 3 is 2.53 bits per heavy atom. The normalized spacial score (nSPS) is 28.5. The molecule has 0 heterocycles. The van der Waals surface area contributed by atoms with Crippen LogP contribution in [-0.4, -0.2) is 29.7 Å². The Labute approximate surface area is 114 Å². The third-order valence-electron chi connectivity index (χ3n) is 4.73. The molecule has 2 saturated carbocycles. The lowest BCUT2D eigenvalue weighted by Gasteiger charge is -2.29. The van der Waals surface area contributed by atoms with Gasteiger partial charge in [-0.15, -0.1) is 0 Å². The number of amides is 2. The number of urea groups is 1. The van der Waals surface area contributed by atoms with Crippen LogP contribution in [0, 0.1) is 11.3 Å². The number of nitrogens with one attached hydrogen (secondary N) is 2. The first kappa shape index (κ1) is 14.2. The van der Waals surface area contributed by atoms with Crippen LogP contribution >= 0.6 is 0 Å². The fourth-order valence-corrected chi connectivity index (χ4v) is 2.92. The van der Waals surface area contributed by atoms with Crippen LogP contribution < -0.4 is 10.6 Å². The van der Waals surface area contributed by atoms with Crippen molar-refractivity contribution < 1.29 is 14.7 Å². The summed E-state index contributed by atoms with van der Waals surface area (Å²) in [5.74, 6) is -1.22. The Morgan fingerprint density at radius 2 is 1.95 bits per heavy atom. The van der Waals surface area contributed by atoms with Gasteiger partial charge < -0.3 is 15.7 Å². The van der Waals surface area contributed by atoms with E-state index in [1.807, 2.05) is 0 Å². The molecule has 0 saturated heterocycles. The molecule has 2 unspecified atom stereocenters. The van der Waals surface area contributed by atoms with E-state index in [2.05, 4.69) is 17.6 Å². The van der Waals surface area contributed by atoms with E-state index in [0.717, 1.165) is 25.7 Å². The van der Waals surface area contributed by atoms with Crippen LogP contribution in [0.5, 0.6) is 0 Å².